The van der Waals surface area contributed by atoms with Gasteiger partial charge in [0.25, 0.3) is 5.91 Å². The lowest BCUT2D eigenvalue weighted by atomic mass is 10.2. The predicted molar refractivity (Wildman–Crippen MR) is 103 cm³/mol. The Morgan fingerprint density at radius 1 is 1.00 bits per heavy atom. The minimum absolute atomic E-state index is 0.165. The lowest BCUT2D eigenvalue weighted by Gasteiger charge is -2.35. The van der Waals surface area contributed by atoms with E-state index in [0.29, 0.717) is 23.9 Å². The summed E-state index contributed by atoms with van der Waals surface area (Å²) in [5.41, 5.74) is 0. The molecule has 1 aliphatic rings. The molecule has 0 spiro atoms. The van der Waals surface area contributed by atoms with Gasteiger partial charge in [-0.3, -0.25) is 4.79 Å². The highest BCUT2D eigenvalue weighted by molar-refractivity contribution is 7.89. The number of nitrogens with zero attached hydrogens (tertiary/aromatic N) is 2. The highest BCUT2D eigenvalue weighted by Crippen LogP contribution is 2.19. The first kappa shape index (κ1) is 19.7. The van der Waals surface area contributed by atoms with Crippen molar-refractivity contribution < 1.29 is 17.9 Å². The summed E-state index contributed by atoms with van der Waals surface area (Å²) in [6, 6.07) is 15.1. The fraction of sp³-hybridized carbons (Fsp3) is 0.316. The lowest BCUT2D eigenvalue weighted by molar-refractivity contribution is -0.139. The summed E-state index contributed by atoms with van der Waals surface area (Å²) in [7, 11) is -3.53. The molecule has 0 N–H and O–H groups in total. The monoisotopic (exact) mass is 408 g/mol. The number of hydrogen-bond acceptors (Lipinski definition) is 4. The highest BCUT2D eigenvalue weighted by atomic mass is 35.5. The molecule has 0 bridgehead atoms. The summed E-state index contributed by atoms with van der Waals surface area (Å²) >= 11 is 5.84. The van der Waals surface area contributed by atoms with Gasteiger partial charge in [0.2, 0.25) is 10.0 Å². The van der Waals surface area contributed by atoms with Crippen LogP contribution in [0.3, 0.4) is 0 Å². The van der Waals surface area contributed by atoms with E-state index in [2.05, 4.69) is 0 Å². The van der Waals surface area contributed by atoms with Gasteiger partial charge in [0, 0.05) is 31.2 Å². The third kappa shape index (κ3) is 4.61. The van der Waals surface area contributed by atoms with Crippen LogP contribution >= 0.6 is 11.6 Å². The Morgan fingerprint density at radius 3 is 2.19 bits per heavy atom. The van der Waals surface area contributed by atoms with Crippen LogP contribution in [0.15, 0.2) is 59.5 Å². The molecule has 1 fully saturated rings. The SMILES string of the molecule is CC(Oc1ccc(Cl)cc1)C(=O)N1CCN(S(=O)(=O)c2ccccc2)CC1. The van der Waals surface area contributed by atoms with E-state index in [1.165, 1.54) is 4.31 Å². The number of carbonyl (C=O) groups is 1. The number of ether oxygens (including phenoxy) is 1. The van der Waals surface area contributed by atoms with Crippen LogP contribution < -0.4 is 4.74 Å². The van der Waals surface area contributed by atoms with Crippen LogP contribution in [0.1, 0.15) is 6.92 Å². The van der Waals surface area contributed by atoms with E-state index in [4.69, 9.17) is 16.3 Å². The summed E-state index contributed by atoms with van der Waals surface area (Å²) in [5.74, 6) is 0.396. The van der Waals surface area contributed by atoms with Gasteiger partial charge in [-0.2, -0.15) is 4.31 Å². The number of amides is 1. The van der Waals surface area contributed by atoms with E-state index in [1.54, 1.807) is 66.4 Å². The van der Waals surface area contributed by atoms with Crippen LogP contribution in [-0.2, 0) is 14.8 Å². The third-order valence-corrected chi connectivity index (χ3v) is 6.57. The molecule has 2 aromatic rings. The number of sulfonamides is 1. The smallest absolute Gasteiger partial charge is 0.263 e. The Balaban J connectivity index is 1.58. The Hall–Kier alpha value is -2.09. The van der Waals surface area contributed by atoms with Crippen molar-refractivity contribution in [2.24, 2.45) is 0 Å². The second-order valence-corrected chi connectivity index (χ2v) is 8.63. The molecule has 0 radical (unpaired) electrons. The van der Waals surface area contributed by atoms with Gasteiger partial charge in [-0.1, -0.05) is 29.8 Å². The first-order chi connectivity index (χ1) is 12.9. The molecule has 3 rings (SSSR count). The van der Waals surface area contributed by atoms with Gasteiger partial charge in [-0.05, 0) is 43.3 Å². The first-order valence-corrected chi connectivity index (χ1v) is 10.5. The van der Waals surface area contributed by atoms with E-state index in [9.17, 15) is 13.2 Å². The van der Waals surface area contributed by atoms with Gasteiger partial charge in [0.15, 0.2) is 6.10 Å². The van der Waals surface area contributed by atoms with Crippen molar-refractivity contribution in [1.29, 1.82) is 0 Å². The average Bonchev–Trinajstić information content (AvgIpc) is 2.70. The van der Waals surface area contributed by atoms with Crippen LogP contribution in [-0.4, -0.2) is 55.8 Å². The summed E-state index contributed by atoms with van der Waals surface area (Å²) in [4.78, 5) is 14.5. The quantitative estimate of drug-likeness (QED) is 0.762. The Kier molecular flexibility index (Phi) is 6.04. The van der Waals surface area contributed by atoms with Crippen molar-refractivity contribution in [3.8, 4) is 5.75 Å². The van der Waals surface area contributed by atoms with Crippen molar-refractivity contribution in [3.05, 3.63) is 59.6 Å². The summed E-state index contributed by atoms with van der Waals surface area (Å²) in [6.07, 6.45) is -0.663. The van der Waals surface area contributed by atoms with Crippen molar-refractivity contribution >= 4 is 27.5 Å². The Morgan fingerprint density at radius 2 is 1.59 bits per heavy atom. The lowest BCUT2D eigenvalue weighted by Crippen LogP contribution is -2.53. The van der Waals surface area contributed by atoms with Crippen LogP contribution in [0.25, 0.3) is 0 Å². The Bertz CT molecular complexity index is 880. The van der Waals surface area contributed by atoms with Crippen LogP contribution in [0.5, 0.6) is 5.75 Å². The number of rotatable bonds is 5. The molecule has 6 nitrogen and oxygen atoms in total. The molecular formula is C19H21ClN2O4S. The van der Waals surface area contributed by atoms with E-state index < -0.39 is 16.1 Å². The maximum Gasteiger partial charge on any atom is 0.263 e. The van der Waals surface area contributed by atoms with E-state index >= 15 is 0 Å². The van der Waals surface area contributed by atoms with Gasteiger partial charge in [0.1, 0.15) is 5.75 Å². The van der Waals surface area contributed by atoms with Crippen LogP contribution in [0, 0.1) is 0 Å². The third-order valence-electron chi connectivity index (χ3n) is 4.41. The van der Waals surface area contributed by atoms with Crippen molar-refractivity contribution in [1.82, 2.24) is 9.21 Å². The second-order valence-electron chi connectivity index (χ2n) is 6.26. The zero-order chi connectivity index (χ0) is 19.4. The molecule has 2 aromatic carbocycles. The number of piperazine rings is 1. The van der Waals surface area contributed by atoms with Crippen molar-refractivity contribution in [3.63, 3.8) is 0 Å². The van der Waals surface area contributed by atoms with E-state index in [-0.39, 0.29) is 23.9 Å². The Labute approximate surface area is 164 Å². The molecule has 1 atom stereocenters. The summed E-state index contributed by atoms with van der Waals surface area (Å²) in [6.45, 7) is 2.87. The molecule has 144 valence electrons. The van der Waals surface area contributed by atoms with E-state index in [1.807, 2.05) is 0 Å². The fourth-order valence-electron chi connectivity index (χ4n) is 2.92. The number of carbonyl (C=O) groups excluding carboxylic acids is 1. The van der Waals surface area contributed by atoms with Gasteiger partial charge in [-0.15, -0.1) is 0 Å². The average molecular weight is 409 g/mol. The molecule has 27 heavy (non-hydrogen) atoms. The predicted octanol–water partition coefficient (Wildman–Crippen LogP) is 2.64. The molecule has 1 aliphatic heterocycles. The maximum atomic E-state index is 12.7. The van der Waals surface area contributed by atoms with Crippen molar-refractivity contribution in [2.75, 3.05) is 26.2 Å². The minimum atomic E-state index is -3.53. The number of halogens is 1. The van der Waals surface area contributed by atoms with Gasteiger partial charge >= 0.3 is 0 Å². The van der Waals surface area contributed by atoms with Crippen LogP contribution in [0.4, 0.5) is 0 Å². The molecule has 1 saturated heterocycles. The topological polar surface area (TPSA) is 66.9 Å². The normalized spacial score (nSPS) is 16.7. The van der Waals surface area contributed by atoms with Gasteiger partial charge in [-0.25, -0.2) is 8.42 Å². The molecule has 1 heterocycles. The molecule has 1 amide bonds. The molecule has 1 unspecified atom stereocenters. The van der Waals surface area contributed by atoms with E-state index in [0.717, 1.165) is 0 Å². The maximum absolute atomic E-state index is 12.7. The molecular weight excluding hydrogens is 388 g/mol. The second kappa shape index (κ2) is 8.29. The van der Waals surface area contributed by atoms with Gasteiger partial charge < -0.3 is 9.64 Å². The molecule has 0 aliphatic carbocycles. The van der Waals surface area contributed by atoms with Gasteiger partial charge in [0.05, 0.1) is 4.90 Å². The summed E-state index contributed by atoms with van der Waals surface area (Å²) < 4.78 is 32.4. The summed E-state index contributed by atoms with van der Waals surface area (Å²) in [5, 5.41) is 0.595. The minimum Gasteiger partial charge on any atom is -0.481 e. The van der Waals surface area contributed by atoms with Crippen molar-refractivity contribution in [2.45, 2.75) is 17.9 Å². The standard InChI is InChI=1S/C19H21ClN2O4S/c1-15(26-17-9-7-16(20)8-10-17)19(23)21-11-13-22(14-12-21)27(24,25)18-5-3-2-4-6-18/h2-10,15H,11-14H2,1H3. The fourth-order valence-corrected chi connectivity index (χ4v) is 4.48. The zero-order valence-corrected chi connectivity index (χ0v) is 16.5. The molecule has 0 aromatic heterocycles. The highest BCUT2D eigenvalue weighted by Gasteiger charge is 2.31. The largest absolute Gasteiger partial charge is 0.481 e. The number of hydrogen-bond donors (Lipinski definition) is 0. The zero-order valence-electron chi connectivity index (χ0n) is 14.9. The molecule has 0 saturated carbocycles. The molecule has 8 heteroatoms. The van der Waals surface area contributed by atoms with Crippen LogP contribution in [0.2, 0.25) is 5.02 Å². The number of benzene rings is 2. The first-order valence-electron chi connectivity index (χ1n) is 8.64.